The van der Waals surface area contributed by atoms with Crippen LogP contribution in [-0.2, 0) is 6.42 Å². The number of hydrogen-bond acceptors (Lipinski definition) is 4. The van der Waals surface area contributed by atoms with Crippen LogP contribution >= 0.6 is 0 Å². The Kier molecular flexibility index (Phi) is 4.93. The van der Waals surface area contributed by atoms with E-state index in [9.17, 15) is 10.2 Å². The molecule has 0 bridgehead atoms. The number of benzene rings is 2. The van der Waals surface area contributed by atoms with E-state index in [4.69, 9.17) is 9.47 Å². The molecule has 4 heteroatoms. The summed E-state index contributed by atoms with van der Waals surface area (Å²) in [5.74, 6) is 1.14. The molecule has 0 saturated heterocycles. The summed E-state index contributed by atoms with van der Waals surface area (Å²) in [5.41, 5.74) is 2.04. The third-order valence-corrected chi connectivity index (χ3v) is 3.04. The van der Waals surface area contributed by atoms with Crippen LogP contribution in [0.1, 0.15) is 25.0 Å². The highest BCUT2D eigenvalue weighted by Gasteiger charge is 2.12. The van der Waals surface area contributed by atoms with Crippen molar-refractivity contribution >= 4 is 0 Å². The van der Waals surface area contributed by atoms with E-state index in [-0.39, 0.29) is 11.5 Å². The molecule has 0 unspecified atom stereocenters. The molecule has 4 nitrogen and oxygen atoms in total. The van der Waals surface area contributed by atoms with Crippen LogP contribution in [-0.4, -0.2) is 23.4 Å². The third kappa shape index (κ3) is 3.81. The zero-order valence-corrected chi connectivity index (χ0v) is 12.3. The quantitative estimate of drug-likeness (QED) is 0.854. The average molecular weight is 288 g/mol. The second-order valence-corrected chi connectivity index (χ2v) is 4.65. The molecule has 0 radical (unpaired) electrons. The molecule has 2 rings (SSSR count). The number of hydrogen-bond donors (Lipinski definition) is 2. The predicted molar refractivity (Wildman–Crippen MR) is 81.4 cm³/mol. The maximum absolute atomic E-state index is 10.1. The van der Waals surface area contributed by atoms with Gasteiger partial charge in [-0.25, -0.2) is 0 Å². The van der Waals surface area contributed by atoms with Crippen molar-refractivity contribution in [3.8, 4) is 23.0 Å². The Bertz CT molecular complexity index is 563. The molecule has 0 aliphatic rings. The van der Waals surface area contributed by atoms with Crippen molar-refractivity contribution in [1.82, 2.24) is 0 Å². The monoisotopic (exact) mass is 288 g/mol. The van der Waals surface area contributed by atoms with Crippen molar-refractivity contribution in [3.05, 3.63) is 47.5 Å². The molecule has 0 fully saturated rings. The molecular formula is C17H20O4. The maximum Gasteiger partial charge on any atom is 0.200 e. The number of aromatic hydroxyl groups is 2. The zero-order chi connectivity index (χ0) is 15.2. The second kappa shape index (κ2) is 6.88. The van der Waals surface area contributed by atoms with Crippen molar-refractivity contribution in [1.29, 1.82) is 0 Å². The summed E-state index contributed by atoms with van der Waals surface area (Å²) in [4.78, 5) is 0. The highest BCUT2D eigenvalue weighted by Crippen LogP contribution is 2.38. The minimum absolute atomic E-state index is 0.0353. The topological polar surface area (TPSA) is 58.9 Å². The third-order valence-electron chi connectivity index (χ3n) is 3.04. The molecule has 2 aromatic carbocycles. The summed E-state index contributed by atoms with van der Waals surface area (Å²) in [6, 6.07) is 10.7. The Morgan fingerprint density at radius 2 is 1.33 bits per heavy atom. The maximum atomic E-state index is 10.1. The van der Waals surface area contributed by atoms with Crippen molar-refractivity contribution in [2.45, 2.75) is 20.3 Å². The number of ether oxygens (including phenoxy) is 2. The van der Waals surface area contributed by atoms with E-state index < -0.39 is 0 Å². The van der Waals surface area contributed by atoms with Gasteiger partial charge >= 0.3 is 0 Å². The lowest BCUT2D eigenvalue weighted by Gasteiger charge is -2.13. The highest BCUT2D eigenvalue weighted by atomic mass is 16.5. The lowest BCUT2D eigenvalue weighted by molar-refractivity contribution is 0.289. The Hall–Kier alpha value is -2.36. The SMILES string of the molecule is CCOc1cc(Cc2ccc(O)cc2)cc(OCC)c1O. The molecule has 0 aliphatic carbocycles. The summed E-state index contributed by atoms with van der Waals surface area (Å²) >= 11 is 0. The molecule has 112 valence electrons. The van der Waals surface area contributed by atoms with Gasteiger partial charge in [-0.1, -0.05) is 12.1 Å². The van der Waals surface area contributed by atoms with Crippen LogP contribution in [0.3, 0.4) is 0 Å². The molecule has 21 heavy (non-hydrogen) atoms. The predicted octanol–water partition coefficient (Wildman–Crippen LogP) is 3.49. The minimum atomic E-state index is 0.0353. The van der Waals surface area contributed by atoms with E-state index in [1.807, 2.05) is 38.1 Å². The van der Waals surface area contributed by atoms with Gasteiger partial charge in [0.15, 0.2) is 11.5 Å². The lowest BCUT2D eigenvalue weighted by atomic mass is 10.0. The van der Waals surface area contributed by atoms with Gasteiger partial charge in [0.2, 0.25) is 5.75 Å². The normalized spacial score (nSPS) is 10.4. The van der Waals surface area contributed by atoms with Crippen LogP contribution in [0.15, 0.2) is 36.4 Å². The van der Waals surface area contributed by atoms with Gasteiger partial charge in [-0.05, 0) is 55.7 Å². The molecular weight excluding hydrogens is 268 g/mol. The van der Waals surface area contributed by atoms with E-state index in [1.165, 1.54) is 0 Å². The Labute approximate surface area is 124 Å². The zero-order valence-electron chi connectivity index (χ0n) is 12.3. The smallest absolute Gasteiger partial charge is 0.200 e. The van der Waals surface area contributed by atoms with Gasteiger partial charge in [0, 0.05) is 0 Å². The number of phenolic OH excluding ortho intramolecular Hbond substituents is 2. The first-order chi connectivity index (χ1) is 10.1. The van der Waals surface area contributed by atoms with Gasteiger partial charge in [-0.2, -0.15) is 0 Å². The first-order valence-corrected chi connectivity index (χ1v) is 7.03. The van der Waals surface area contributed by atoms with E-state index in [0.717, 1.165) is 11.1 Å². The van der Waals surface area contributed by atoms with Crippen molar-refractivity contribution in [3.63, 3.8) is 0 Å². The van der Waals surface area contributed by atoms with E-state index >= 15 is 0 Å². The van der Waals surface area contributed by atoms with Gasteiger partial charge in [-0.3, -0.25) is 0 Å². The van der Waals surface area contributed by atoms with Crippen LogP contribution < -0.4 is 9.47 Å². The summed E-state index contributed by atoms with van der Waals surface area (Å²) in [5, 5.41) is 19.4. The van der Waals surface area contributed by atoms with Crippen LogP contribution in [0.5, 0.6) is 23.0 Å². The van der Waals surface area contributed by atoms with Gasteiger partial charge in [0.25, 0.3) is 0 Å². The molecule has 0 saturated carbocycles. The van der Waals surface area contributed by atoms with Gasteiger partial charge < -0.3 is 19.7 Å². The standard InChI is InChI=1S/C17H20O4/c1-3-20-15-10-13(11-16(17(15)19)21-4-2)9-12-5-7-14(18)8-6-12/h5-8,10-11,18-19H,3-4,9H2,1-2H3. The van der Waals surface area contributed by atoms with Gasteiger partial charge in [0.1, 0.15) is 5.75 Å². The van der Waals surface area contributed by atoms with E-state index in [0.29, 0.717) is 31.1 Å². The van der Waals surface area contributed by atoms with Crippen LogP contribution in [0.4, 0.5) is 0 Å². The Morgan fingerprint density at radius 1 is 0.810 bits per heavy atom. The fourth-order valence-electron chi connectivity index (χ4n) is 2.12. The number of phenols is 2. The fourth-order valence-corrected chi connectivity index (χ4v) is 2.12. The first kappa shape index (κ1) is 15.0. The average Bonchev–Trinajstić information content (AvgIpc) is 2.47. The minimum Gasteiger partial charge on any atom is -0.508 e. The van der Waals surface area contributed by atoms with Gasteiger partial charge in [-0.15, -0.1) is 0 Å². The molecule has 0 aliphatic heterocycles. The molecule has 0 heterocycles. The Balaban J connectivity index is 2.31. The van der Waals surface area contributed by atoms with Crippen molar-refractivity contribution in [2.75, 3.05) is 13.2 Å². The molecule has 0 spiro atoms. The van der Waals surface area contributed by atoms with Gasteiger partial charge in [0.05, 0.1) is 13.2 Å². The van der Waals surface area contributed by atoms with Crippen LogP contribution in [0.2, 0.25) is 0 Å². The second-order valence-electron chi connectivity index (χ2n) is 4.65. The van der Waals surface area contributed by atoms with E-state index in [2.05, 4.69) is 0 Å². The lowest BCUT2D eigenvalue weighted by Crippen LogP contribution is -1.99. The van der Waals surface area contributed by atoms with Crippen LogP contribution in [0.25, 0.3) is 0 Å². The van der Waals surface area contributed by atoms with Crippen LogP contribution in [0, 0.1) is 0 Å². The summed E-state index contributed by atoms with van der Waals surface area (Å²) in [7, 11) is 0. The van der Waals surface area contributed by atoms with Crippen molar-refractivity contribution < 1.29 is 19.7 Å². The largest absolute Gasteiger partial charge is 0.508 e. The molecule has 0 atom stereocenters. The highest BCUT2D eigenvalue weighted by molar-refractivity contribution is 5.53. The fraction of sp³-hybridized carbons (Fsp3) is 0.294. The molecule has 0 amide bonds. The summed E-state index contributed by atoms with van der Waals surface area (Å²) < 4.78 is 10.9. The Morgan fingerprint density at radius 3 is 1.81 bits per heavy atom. The van der Waals surface area contributed by atoms with E-state index in [1.54, 1.807) is 12.1 Å². The summed E-state index contributed by atoms with van der Waals surface area (Å²) in [6.45, 7) is 4.68. The summed E-state index contributed by atoms with van der Waals surface area (Å²) in [6.07, 6.45) is 0.667. The molecule has 2 aromatic rings. The first-order valence-electron chi connectivity index (χ1n) is 7.03. The van der Waals surface area contributed by atoms with Crippen molar-refractivity contribution in [2.24, 2.45) is 0 Å². The molecule has 2 N–H and O–H groups in total. The molecule has 0 aromatic heterocycles. The number of rotatable bonds is 6.